The van der Waals surface area contributed by atoms with Gasteiger partial charge in [-0.2, -0.15) is 4.31 Å². The topological polar surface area (TPSA) is 66.6 Å². The number of rotatable bonds is 18. The van der Waals surface area contributed by atoms with Crippen LogP contribution in [0.3, 0.4) is 0 Å². The summed E-state index contributed by atoms with van der Waals surface area (Å²) in [4.78, 5) is 2.86. The van der Waals surface area contributed by atoms with Gasteiger partial charge in [0.1, 0.15) is 0 Å². The first-order valence-electron chi connectivity index (χ1n) is 18.3. The highest BCUT2D eigenvalue weighted by atomic mass is 32.2. The Kier molecular flexibility index (Phi) is 13.3. The van der Waals surface area contributed by atoms with Crippen LogP contribution in [0.1, 0.15) is 101 Å². The van der Waals surface area contributed by atoms with Crippen LogP contribution in [-0.2, 0) is 15.6 Å². The maximum Gasteiger partial charge on any atom is 0.243 e. The molecule has 256 valence electrons. The molecule has 48 heavy (non-hydrogen) atoms. The largest absolute Gasteiger partial charge is 0.399 e. The lowest BCUT2D eigenvalue weighted by atomic mass is 9.75. The second-order valence-corrected chi connectivity index (χ2v) is 15.3. The molecule has 0 amide bonds. The number of piperazine rings is 1. The van der Waals surface area contributed by atoms with Crippen molar-refractivity contribution >= 4 is 15.7 Å². The summed E-state index contributed by atoms with van der Waals surface area (Å²) in [6.07, 6.45) is 14.8. The molecular weight excluding hydrogens is 611 g/mol. The van der Waals surface area contributed by atoms with Gasteiger partial charge in [0.05, 0.1) is 10.4 Å². The molecule has 1 aliphatic heterocycles. The van der Waals surface area contributed by atoms with Gasteiger partial charge in [0, 0.05) is 31.4 Å². The second kappa shape index (κ2) is 17.8. The molecule has 1 unspecified atom stereocenters. The first kappa shape index (κ1) is 35.8. The predicted octanol–water partition coefficient (Wildman–Crippen LogP) is 9.64. The third-order valence-electron chi connectivity index (χ3n) is 10.1. The molecule has 0 spiro atoms. The first-order chi connectivity index (χ1) is 23.5. The minimum atomic E-state index is -3.70. The average molecular weight is 666 g/mol. The molecule has 4 aromatic carbocycles. The summed E-state index contributed by atoms with van der Waals surface area (Å²) in [5.41, 5.74) is 9.49. The molecule has 0 bridgehead atoms. The molecule has 0 radical (unpaired) electrons. The van der Waals surface area contributed by atoms with E-state index >= 15 is 0 Å². The van der Waals surface area contributed by atoms with Crippen LogP contribution in [0.25, 0.3) is 0 Å². The van der Waals surface area contributed by atoms with Crippen molar-refractivity contribution in [2.75, 3.05) is 25.4 Å². The summed E-state index contributed by atoms with van der Waals surface area (Å²) in [5.74, 6) is 0. The van der Waals surface area contributed by atoms with Crippen molar-refractivity contribution in [2.24, 2.45) is 0 Å². The molecule has 6 heteroatoms. The number of sulfonamides is 1. The third kappa shape index (κ3) is 8.58. The van der Waals surface area contributed by atoms with Gasteiger partial charge < -0.3 is 5.73 Å². The van der Waals surface area contributed by atoms with E-state index in [-0.39, 0.29) is 6.04 Å². The molecule has 1 fully saturated rings. The van der Waals surface area contributed by atoms with E-state index in [1.807, 2.05) is 0 Å². The van der Waals surface area contributed by atoms with E-state index in [0.29, 0.717) is 30.2 Å². The highest BCUT2D eigenvalue weighted by Crippen LogP contribution is 2.44. The number of nitrogens with two attached hydrogens (primary N) is 1. The molecular formula is C42H55N3O2S. The van der Waals surface area contributed by atoms with Gasteiger partial charge in [-0.15, -0.1) is 0 Å². The molecule has 0 aliphatic carbocycles. The second-order valence-electron chi connectivity index (χ2n) is 13.4. The average Bonchev–Trinajstić information content (AvgIpc) is 3.12. The minimum absolute atomic E-state index is 0.157. The summed E-state index contributed by atoms with van der Waals surface area (Å²) in [6.45, 7) is 3.92. The van der Waals surface area contributed by atoms with Crippen molar-refractivity contribution in [3.63, 3.8) is 0 Å². The van der Waals surface area contributed by atoms with Crippen LogP contribution in [0.2, 0.25) is 0 Å². The number of hydrogen-bond donors (Lipinski definition) is 1. The van der Waals surface area contributed by atoms with Gasteiger partial charge in [-0.25, -0.2) is 8.42 Å². The molecule has 2 N–H and O–H groups in total. The number of anilines is 1. The molecule has 0 aromatic heterocycles. The lowest BCUT2D eigenvalue weighted by Crippen LogP contribution is -2.61. The normalized spacial score (nSPS) is 16.2. The monoisotopic (exact) mass is 665 g/mol. The Morgan fingerprint density at radius 1 is 0.604 bits per heavy atom. The van der Waals surface area contributed by atoms with E-state index in [1.54, 1.807) is 28.6 Å². The quantitative estimate of drug-likeness (QED) is 0.0653. The summed E-state index contributed by atoms with van der Waals surface area (Å²) < 4.78 is 30.3. The summed E-state index contributed by atoms with van der Waals surface area (Å²) >= 11 is 0. The van der Waals surface area contributed by atoms with Crippen molar-refractivity contribution < 1.29 is 8.42 Å². The van der Waals surface area contributed by atoms with Crippen LogP contribution in [0.4, 0.5) is 5.69 Å². The van der Waals surface area contributed by atoms with Gasteiger partial charge in [-0.3, -0.25) is 4.90 Å². The van der Waals surface area contributed by atoms with E-state index in [2.05, 4.69) is 103 Å². The Balaban J connectivity index is 1.41. The zero-order valence-electron chi connectivity index (χ0n) is 28.9. The van der Waals surface area contributed by atoms with E-state index in [4.69, 9.17) is 5.73 Å². The number of nitrogens with zero attached hydrogens (tertiary/aromatic N) is 2. The van der Waals surface area contributed by atoms with Gasteiger partial charge in [-0.05, 0) is 47.4 Å². The molecule has 1 saturated heterocycles. The van der Waals surface area contributed by atoms with E-state index in [0.717, 1.165) is 19.3 Å². The predicted molar refractivity (Wildman–Crippen MR) is 200 cm³/mol. The van der Waals surface area contributed by atoms with Crippen molar-refractivity contribution in [3.05, 3.63) is 132 Å². The summed E-state index contributed by atoms with van der Waals surface area (Å²) in [5, 5.41) is 0. The first-order valence-corrected chi connectivity index (χ1v) is 19.7. The van der Waals surface area contributed by atoms with Crippen LogP contribution in [0.15, 0.2) is 120 Å². The molecule has 1 aliphatic rings. The van der Waals surface area contributed by atoms with Crippen molar-refractivity contribution in [3.8, 4) is 0 Å². The Morgan fingerprint density at radius 2 is 1.04 bits per heavy atom. The van der Waals surface area contributed by atoms with Crippen molar-refractivity contribution in [1.29, 1.82) is 0 Å². The van der Waals surface area contributed by atoms with Crippen LogP contribution < -0.4 is 5.73 Å². The van der Waals surface area contributed by atoms with Gasteiger partial charge in [0.2, 0.25) is 10.0 Å². The molecule has 1 heterocycles. The smallest absolute Gasteiger partial charge is 0.243 e. The highest BCUT2D eigenvalue weighted by Gasteiger charge is 2.47. The zero-order valence-corrected chi connectivity index (χ0v) is 29.7. The van der Waals surface area contributed by atoms with E-state index < -0.39 is 15.6 Å². The lowest BCUT2D eigenvalue weighted by molar-refractivity contribution is 0.0664. The summed E-state index contributed by atoms with van der Waals surface area (Å²) in [7, 11) is -3.70. The number of nitrogen functional groups attached to an aromatic ring is 1. The van der Waals surface area contributed by atoms with Gasteiger partial charge in [-0.1, -0.05) is 169 Å². The molecule has 5 rings (SSSR count). The highest BCUT2D eigenvalue weighted by molar-refractivity contribution is 7.89. The molecule has 4 aromatic rings. The molecule has 0 saturated carbocycles. The van der Waals surface area contributed by atoms with E-state index in [9.17, 15) is 8.42 Å². The van der Waals surface area contributed by atoms with Crippen LogP contribution in [-0.4, -0.2) is 43.3 Å². The fraction of sp³-hybridized carbons (Fsp3) is 0.429. The van der Waals surface area contributed by atoms with Crippen LogP contribution in [0.5, 0.6) is 0 Å². The van der Waals surface area contributed by atoms with Crippen LogP contribution in [0, 0.1) is 0 Å². The Labute approximate surface area is 290 Å². The Bertz CT molecular complexity index is 1500. The maximum atomic E-state index is 14.2. The number of unbranched alkanes of at least 4 members (excludes halogenated alkanes) is 10. The number of hydrogen-bond acceptors (Lipinski definition) is 4. The van der Waals surface area contributed by atoms with Crippen LogP contribution >= 0.6 is 0 Å². The summed E-state index contributed by atoms with van der Waals surface area (Å²) in [6, 6.07) is 38.7. The van der Waals surface area contributed by atoms with Gasteiger partial charge in [0.15, 0.2) is 0 Å². The molecule has 1 atom stereocenters. The lowest BCUT2D eigenvalue weighted by Gasteiger charge is -2.51. The SMILES string of the molecule is CCCCCCCCCCCCCC1CN(C(c2ccccc2)(c2ccccc2)c2ccccc2)CCN1S(=O)(=O)c1ccc(N)cc1. The Morgan fingerprint density at radius 3 is 1.50 bits per heavy atom. The van der Waals surface area contributed by atoms with Crippen molar-refractivity contribution in [1.82, 2.24) is 9.21 Å². The maximum absolute atomic E-state index is 14.2. The van der Waals surface area contributed by atoms with Gasteiger partial charge in [0.25, 0.3) is 0 Å². The molecule has 5 nitrogen and oxygen atoms in total. The van der Waals surface area contributed by atoms with E-state index in [1.165, 1.54) is 74.5 Å². The standard InChI is InChI=1S/C42H55N3O2S/c1-2-3-4-5-6-7-8-9-10-11-21-28-40-35-44(33-34-45(40)48(46,47)41-31-29-39(43)30-32-41)42(36-22-15-12-16-23-36,37-24-17-13-18-25-37)38-26-19-14-20-27-38/h12-20,22-27,29-32,40H,2-11,21,28,33-35,43H2,1H3. The fourth-order valence-corrected chi connectivity index (χ4v) is 9.24. The Hall–Kier alpha value is -3.45. The number of benzene rings is 4. The van der Waals surface area contributed by atoms with Crippen molar-refractivity contribution in [2.45, 2.75) is 100 Å². The fourth-order valence-electron chi connectivity index (χ4n) is 7.60. The zero-order chi connectivity index (χ0) is 33.7. The third-order valence-corrected chi connectivity index (χ3v) is 12.1. The van der Waals surface area contributed by atoms with Gasteiger partial charge >= 0.3 is 0 Å². The minimum Gasteiger partial charge on any atom is -0.399 e.